The first-order valence-corrected chi connectivity index (χ1v) is 9.55. The van der Waals surface area contributed by atoms with Gasteiger partial charge in [-0.05, 0) is 53.6 Å². The van der Waals surface area contributed by atoms with Gasteiger partial charge in [0.05, 0.1) is 10.6 Å². The molecule has 0 saturated heterocycles. The van der Waals surface area contributed by atoms with Crippen LogP contribution in [-0.2, 0) is 14.8 Å². The van der Waals surface area contributed by atoms with Gasteiger partial charge in [-0.15, -0.1) is 0 Å². The van der Waals surface area contributed by atoms with Gasteiger partial charge in [-0.2, -0.15) is 0 Å². The fourth-order valence-electron chi connectivity index (χ4n) is 2.11. The number of halogens is 1. The number of carbonyl (C=O) groups is 1. The average Bonchev–Trinajstić information content (AvgIpc) is 2.39. The van der Waals surface area contributed by atoms with E-state index in [1.807, 2.05) is 22.6 Å². The molecule has 0 aliphatic rings. The van der Waals surface area contributed by atoms with Gasteiger partial charge in [0, 0.05) is 9.49 Å². The Bertz CT molecular complexity index is 596. The molecule has 0 fully saturated rings. The normalized spacial score (nSPS) is 11.7. The van der Waals surface area contributed by atoms with E-state index in [0.717, 1.165) is 25.7 Å². The summed E-state index contributed by atoms with van der Waals surface area (Å²) >= 11 is 1.99. The summed E-state index contributed by atoms with van der Waals surface area (Å²) in [6.45, 7) is 4.11. The number of amides is 1. The monoisotopic (exact) mass is 424 g/mol. The lowest BCUT2D eigenvalue weighted by atomic mass is 9.97. The zero-order chi connectivity index (χ0) is 16.0. The molecule has 0 atom stereocenters. The summed E-state index contributed by atoms with van der Waals surface area (Å²) in [5.74, 6) is -0.0197. The van der Waals surface area contributed by atoms with Crippen LogP contribution in [-0.4, -0.2) is 14.3 Å². The third-order valence-electron chi connectivity index (χ3n) is 3.17. The maximum Gasteiger partial charge on any atom is 0.238 e. The Morgan fingerprint density at radius 1 is 1.29 bits per heavy atom. The molecular weight excluding hydrogens is 403 g/mol. The van der Waals surface area contributed by atoms with Crippen molar-refractivity contribution < 1.29 is 13.2 Å². The number of hydrogen-bond donors (Lipinski definition) is 2. The highest BCUT2D eigenvalue weighted by molar-refractivity contribution is 14.1. The minimum Gasteiger partial charge on any atom is -0.325 e. The van der Waals surface area contributed by atoms with Gasteiger partial charge in [0.2, 0.25) is 15.9 Å². The molecule has 0 saturated carbocycles. The smallest absolute Gasteiger partial charge is 0.238 e. The molecule has 1 aromatic rings. The van der Waals surface area contributed by atoms with Crippen LogP contribution in [0.3, 0.4) is 0 Å². The first-order valence-electron chi connectivity index (χ1n) is 6.92. The second-order valence-corrected chi connectivity index (χ2v) is 7.67. The van der Waals surface area contributed by atoms with Crippen molar-refractivity contribution >= 4 is 44.2 Å². The van der Waals surface area contributed by atoms with Crippen LogP contribution >= 0.6 is 22.6 Å². The molecule has 7 heteroatoms. The molecule has 118 valence electrons. The van der Waals surface area contributed by atoms with E-state index in [9.17, 15) is 13.2 Å². The molecule has 0 unspecified atom stereocenters. The standard InChI is InChI=1S/C14H21IN2O3S/c1-3-5-10(6-4-2)14(18)17-13-8-7-11(9-12(13)15)21(16,19)20/h7-10H,3-6H2,1-2H3,(H,17,18)(H2,16,19,20). The molecule has 0 spiro atoms. The average molecular weight is 424 g/mol. The third kappa shape index (κ3) is 5.55. The highest BCUT2D eigenvalue weighted by Crippen LogP contribution is 2.23. The van der Waals surface area contributed by atoms with E-state index in [1.165, 1.54) is 12.1 Å². The molecule has 0 aromatic heterocycles. The summed E-state index contributed by atoms with van der Waals surface area (Å²) < 4.78 is 23.2. The number of benzene rings is 1. The van der Waals surface area contributed by atoms with Crippen LogP contribution in [0.4, 0.5) is 5.69 Å². The van der Waals surface area contributed by atoms with Crippen molar-refractivity contribution in [1.29, 1.82) is 0 Å². The molecule has 0 bridgehead atoms. The number of sulfonamides is 1. The van der Waals surface area contributed by atoms with Crippen LogP contribution in [0.15, 0.2) is 23.1 Å². The molecule has 1 aromatic carbocycles. The zero-order valence-electron chi connectivity index (χ0n) is 12.2. The van der Waals surface area contributed by atoms with Gasteiger partial charge in [0.15, 0.2) is 0 Å². The summed E-state index contributed by atoms with van der Waals surface area (Å²) in [6.07, 6.45) is 3.62. The van der Waals surface area contributed by atoms with Gasteiger partial charge in [-0.1, -0.05) is 26.7 Å². The lowest BCUT2D eigenvalue weighted by molar-refractivity contribution is -0.120. The number of nitrogens with one attached hydrogen (secondary N) is 1. The molecule has 3 N–H and O–H groups in total. The largest absolute Gasteiger partial charge is 0.325 e. The number of primary sulfonamides is 1. The van der Waals surface area contributed by atoms with Gasteiger partial charge >= 0.3 is 0 Å². The number of hydrogen-bond acceptors (Lipinski definition) is 3. The van der Waals surface area contributed by atoms with E-state index in [0.29, 0.717) is 9.26 Å². The predicted molar refractivity (Wildman–Crippen MR) is 92.5 cm³/mol. The molecule has 0 aliphatic carbocycles. The van der Waals surface area contributed by atoms with Crippen molar-refractivity contribution in [2.45, 2.75) is 44.4 Å². The lowest BCUT2D eigenvalue weighted by Gasteiger charge is -2.16. The minimum atomic E-state index is -3.72. The minimum absolute atomic E-state index is 0.00582. The van der Waals surface area contributed by atoms with Crippen molar-refractivity contribution in [3.63, 3.8) is 0 Å². The maximum absolute atomic E-state index is 12.3. The number of anilines is 1. The zero-order valence-corrected chi connectivity index (χ0v) is 15.2. The highest BCUT2D eigenvalue weighted by Gasteiger charge is 2.18. The summed E-state index contributed by atoms with van der Waals surface area (Å²) in [7, 11) is -3.72. The van der Waals surface area contributed by atoms with Crippen LogP contribution in [0.2, 0.25) is 0 Å². The maximum atomic E-state index is 12.3. The summed E-state index contributed by atoms with van der Waals surface area (Å²) in [5.41, 5.74) is 0.616. The van der Waals surface area contributed by atoms with Crippen molar-refractivity contribution in [2.24, 2.45) is 11.1 Å². The number of carbonyl (C=O) groups excluding carboxylic acids is 1. The Balaban J connectivity index is 2.90. The molecule has 21 heavy (non-hydrogen) atoms. The Hall–Kier alpha value is -0.670. The SMILES string of the molecule is CCCC(CCC)C(=O)Nc1ccc(S(N)(=O)=O)cc1I. The second-order valence-electron chi connectivity index (χ2n) is 4.95. The molecule has 1 rings (SSSR count). The van der Waals surface area contributed by atoms with E-state index in [1.54, 1.807) is 6.07 Å². The highest BCUT2D eigenvalue weighted by atomic mass is 127. The van der Waals surface area contributed by atoms with Crippen LogP contribution in [0.5, 0.6) is 0 Å². The number of rotatable bonds is 7. The van der Waals surface area contributed by atoms with E-state index in [-0.39, 0.29) is 16.7 Å². The van der Waals surface area contributed by atoms with Crippen molar-refractivity contribution in [3.8, 4) is 0 Å². The fourth-order valence-corrected chi connectivity index (χ4v) is 3.51. The van der Waals surface area contributed by atoms with Gasteiger partial charge in [-0.3, -0.25) is 4.79 Å². The predicted octanol–water partition coefficient (Wildman–Crippen LogP) is 3.09. The Kier molecular flexibility index (Phi) is 7.08. The number of nitrogens with two attached hydrogens (primary N) is 1. The van der Waals surface area contributed by atoms with Gasteiger partial charge in [0.25, 0.3) is 0 Å². The molecule has 5 nitrogen and oxygen atoms in total. The Labute approximate surface area is 139 Å². The van der Waals surface area contributed by atoms with Crippen molar-refractivity contribution in [3.05, 3.63) is 21.8 Å². The van der Waals surface area contributed by atoms with Gasteiger partial charge in [0.1, 0.15) is 0 Å². The first kappa shape index (κ1) is 18.4. The summed E-state index contributed by atoms with van der Waals surface area (Å²) in [5, 5.41) is 7.96. The van der Waals surface area contributed by atoms with Gasteiger partial charge < -0.3 is 5.32 Å². The summed E-state index contributed by atoms with van der Waals surface area (Å²) in [4.78, 5) is 12.3. The molecule has 0 heterocycles. The van der Waals surface area contributed by atoms with E-state index in [2.05, 4.69) is 19.2 Å². The van der Waals surface area contributed by atoms with E-state index in [4.69, 9.17) is 5.14 Å². The quantitative estimate of drug-likeness (QED) is 0.660. The van der Waals surface area contributed by atoms with E-state index < -0.39 is 10.0 Å². The Morgan fingerprint density at radius 2 is 1.86 bits per heavy atom. The molecular formula is C14H21IN2O3S. The van der Waals surface area contributed by atoms with Crippen LogP contribution in [0, 0.1) is 9.49 Å². The van der Waals surface area contributed by atoms with E-state index >= 15 is 0 Å². The summed E-state index contributed by atoms with van der Waals surface area (Å²) in [6, 6.07) is 4.44. The molecule has 0 radical (unpaired) electrons. The van der Waals surface area contributed by atoms with Crippen LogP contribution in [0.25, 0.3) is 0 Å². The Morgan fingerprint density at radius 3 is 2.29 bits per heavy atom. The van der Waals surface area contributed by atoms with Crippen LogP contribution in [0.1, 0.15) is 39.5 Å². The second kappa shape index (κ2) is 8.09. The molecule has 1 amide bonds. The fraction of sp³-hybridized carbons (Fsp3) is 0.500. The molecule has 0 aliphatic heterocycles. The van der Waals surface area contributed by atoms with Crippen molar-refractivity contribution in [1.82, 2.24) is 0 Å². The first-order chi connectivity index (χ1) is 9.79. The third-order valence-corrected chi connectivity index (χ3v) is 4.98. The topological polar surface area (TPSA) is 89.3 Å². The van der Waals surface area contributed by atoms with Crippen molar-refractivity contribution in [2.75, 3.05) is 5.32 Å². The van der Waals surface area contributed by atoms with Crippen LogP contribution < -0.4 is 10.5 Å². The lowest BCUT2D eigenvalue weighted by Crippen LogP contribution is -2.23. The van der Waals surface area contributed by atoms with Gasteiger partial charge in [-0.25, -0.2) is 13.6 Å².